The summed E-state index contributed by atoms with van der Waals surface area (Å²) < 4.78 is 0. The van der Waals surface area contributed by atoms with Gasteiger partial charge in [0.05, 0.1) is 0 Å². The van der Waals surface area contributed by atoms with Crippen molar-refractivity contribution in [2.45, 2.75) is 31.6 Å². The molecule has 3 nitrogen and oxygen atoms in total. The Balaban J connectivity index is 2.64. The maximum atomic E-state index is 11.5. The molecule has 0 aromatic heterocycles. The van der Waals surface area contributed by atoms with Crippen molar-refractivity contribution in [3.05, 3.63) is 23.8 Å². The van der Waals surface area contributed by atoms with Gasteiger partial charge in [0.2, 0.25) is 0 Å². The number of amides is 2. The van der Waals surface area contributed by atoms with E-state index >= 15 is 0 Å². The van der Waals surface area contributed by atoms with Gasteiger partial charge >= 0.3 is 6.03 Å². The van der Waals surface area contributed by atoms with E-state index in [4.69, 9.17) is 0 Å². The van der Waals surface area contributed by atoms with Crippen LogP contribution in [0.4, 0.5) is 10.5 Å². The molecule has 1 aromatic carbocycles. The van der Waals surface area contributed by atoms with Crippen molar-refractivity contribution in [2.75, 3.05) is 25.2 Å². The van der Waals surface area contributed by atoms with E-state index in [9.17, 15) is 4.79 Å². The Kier molecular flexibility index (Phi) is 6.05. The molecule has 0 saturated carbocycles. The number of aryl methyl sites for hydroxylation is 1. The molecular formula is C14H22N2OS. The fourth-order valence-corrected chi connectivity index (χ4v) is 2.55. The van der Waals surface area contributed by atoms with Gasteiger partial charge in [-0.05, 0) is 42.9 Å². The minimum atomic E-state index is -0.0965. The van der Waals surface area contributed by atoms with Gasteiger partial charge in [-0.2, -0.15) is 0 Å². The van der Waals surface area contributed by atoms with Crippen LogP contribution in [-0.4, -0.2) is 30.8 Å². The molecule has 0 heterocycles. The summed E-state index contributed by atoms with van der Waals surface area (Å²) in [5.41, 5.74) is 2.07. The number of benzene rings is 1. The Morgan fingerprint density at radius 3 is 2.67 bits per heavy atom. The molecule has 0 unspecified atom stereocenters. The van der Waals surface area contributed by atoms with Gasteiger partial charge in [0, 0.05) is 24.7 Å². The van der Waals surface area contributed by atoms with Crippen LogP contribution in [0.5, 0.6) is 0 Å². The van der Waals surface area contributed by atoms with Crippen molar-refractivity contribution in [3.63, 3.8) is 0 Å². The molecule has 18 heavy (non-hydrogen) atoms. The number of carbonyl (C=O) groups excluding carboxylic acids is 1. The van der Waals surface area contributed by atoms with Gasteiger partial charge in [0.15, 0.2) is 0 Å². The third kappa shape index (κ3) is 4.61. The number of nitrogens with one attached hydrogen (secondary N) is 1. The zero-order valence-corrected chi connectivity index (χ0v) is 12.4. The van der Waals surface area contributed by atoms with Crippen molar-refractivity contribution in [3.8, 4) is 0 Å². The smallest absolute Gasteiger partial charge is 0.321 e. The zero-order valence-electron chi connectivity index (χ0n) is 11.6. The van der Waals surface area contributed by atoms with Gasteiger partial charge < -0.3 is 10.2 Å². The molecule has 100 valence electrons. The van der Waals surface area contributed by atoms with Crippen LogP contribution >= 0.6 is 11.8 Å². The van der Waals surface area contributed by atoms with E-state index in [1.165, 1.54) is 28.2 Å². The van der Waals surface area contributed by atoms with E-state index in [1.54, 1.807) is 14.1 Å². The van der Waals surface area contributed by atoms with Crippen LogP contribution in [0.3, 0.4) is 0 Å². The summed E-state index contributed by atoms with van der Waals surface area (Å²) in [6.07, 6.45) is 2.46. The van der Waals surface area contributed by atoms with Crippen molar-refractivity contribution in [1.29, 1.82) is 0 Å². The Hall–Kier alpha value is -1.16. The highest BCUT2D eigenvalue weighted by Gasteiger charge is 2.05. The molecule has 1 rings (SSSR count). The quantitative estimate of drug-likeness (QED) is 0.646. The summed E-state index contributed by atoms with van der Waals surface area (Å²) in [5, 5.41) is 2.85. The molecule has 0 aliphatic heterocycles. The summed E-state index contributed by atoms with van der Waals surface area (Å²) in [6.45, 7) is 4.28. The lowest BCUT2D eigenvalue weighted by molar-refractivity contribution is 0.230. The minimum Gasteiger partial charge on any atom is -0.331 e. The molecule has 0 aliphatic carbocycles. The fourth-order valence-electron chi connectivity index (χ4n) is 1.45. The van der Waals surface area contributed by atoms with Crippen LogP contribution in [0, 0.1) is 6.92 Å². The van der Waals surface area contributed by atoms with Gasteiger partial charge in [-0.15, -0.1) is 11.8 Å². The fraction of sp³-hybridized carbons (Fsp3) is 0.500. The number of hydrogen-bond donors (Lipinski definition) is 1. The zero-order chi connectivity index (χ0) is 13.5. The predicted octanol–water partition coefficient (Wildman–Crippen LogP) is 3.98. The predicted molar refractivity (Wildman–Crippen MR) is 79.5 cm³/mol. The topological polar surface area (TPSA) is 32.3 Å². The van der Waals surface area contributed by atoms with E-state index in [0.29, 0.717) is 0 Å². The maximum absolute atomic E-state index is 11.5. The molecular weight excluding hydrogens is 244 g/mol. The van der Waals surface area contributed by atoms with Crippen molar-refractivity contribution in [2.24, 2.45) is 0 Å². The number of urea groups is 1. The molecule has 1 aromatic rings. The first kappa shape index (κ1) is 14.9. The summed E-state index contributed by atoms with van der Waals surface area (Å²) in [7, 11) is 3.47. The largest absolute Gasteiger partial charge is 0.331 e. The highest BCUT2D eigenvalue weighted by Crippen LogP contribution is 2.26. The molecule has 1 N–H and O–H groups in total. The van der Waals surface area contributed by atoms with Crippen LogP contribution in [0.15, 0.2) is 23.1 Å². The lowest BCUT2D eigenvalue weighted by atomic mass is 10.2. The van der Waals surface area contributed by atoms with E-state index in [2.05, 4.69) is 25.2 Å². The third-order valence-corrected chi connectivity index (χ3v) is 3.85. The molecule has 0 radical (unpaired) electrons. The molecule has 0 aliphatic rings. The molecule has 4 heteroatoms. The molecule has 0 spiro atoms. The molecule has 0 fully saturated rings. The second kappa shape index (κ2) is 7.31. The Labute approximate surface area is 114 Å². The van der Waals surface area contributed by atoms with E-state index in [-0.39, 0.29) is 6.03 Å². The van der Waals surface area contributed by atoms with Gasteiger partial charge in [0.1, 0.15) is 0 Å². The third-order valence-electron chi connectivity index (χ3n) is 2.59. The molecule has 0 bridgehead atoms. The number of unbranched alkanes of at least 4 members (excludes halogenated alkanes) is 1. The van der Waals surface area contributed by atoms with E-state index in [0.717, 1.165) is 11.4 Å². The van der Waals surface area contributed by atoms with Gasteiger partial charge in [0.25, 0.3) is 0 Å². The highest BCUT2D eigenvalue weighted by atomic mass is 32.2. The highest BCUT2D eigenvalue weighted by molar-refractivity contribution is 7.99. The Morgan fingerprint density at radius 1 is 1.39 bits per heavy atom. The average Bonchev–Trinajstić information content (AvgIpc) is 2.32. The van der Waals surface area contributed by atoms with Gasteiger partial charge in [-0.1, -0.05) is 13.3 Å². The lowest BCUT2D eigenvalue weighted by Gasteiger charge is -2.13. The van der Waals surface area contributed by atoms with Gasteiger partial charge in [-0.3, -0.25) is 0 Å². The lowest BCUT2D eigenvalue weighted by Crippen LogP contribution is -2.27. The average molecular weight is 266 g/mol. The Morgan fingerprint density at radius 2 is 2.11 bits per heavy atom. The first-order chi connectivity index (χ1) is 8.54. The number of rotatable bonds is 5. The second-order valence-electron chi connectivity index (χ2n) is 4.51. The van der Waals surface area contributed by atoms with Crippen LogP contribution in [0.25, 0.3) is 0 Å². The molecule has 0 atom stereocenters. The Bertz CT molecular complexity index is 405. The standard InChI is InChI=1S/C14H22N2OS/c1-5-6-9-18-13-8-7-12(10-11(13)2)15-14(17)16(3)4/h7-8,10H,5-6,9H2,1-4H3,(H,15,17). The van der Waals surface area contributed by atoms with E-state index in [1.807, 2.05) is 23.9 Å². The van der Waals surface area contributed by atoms with Crippen molar-refractivity contribution >= 4 is 23.5 Å². The number of carbonyl (C=O) groups is 1. The number of anilines is 1. The van der Waals surface area contributed by atoms with Crippen LogP contribution < -0.4 is 5.32 Å². The molecule has 0 saturated heterocycles. The van der Waals surface area contributed by atoms with Gasteiger partial charge in [-0.25, -0.2) is 4.79 Å². The minimum absolute atomic E-state index is 0.0965. The monoisotopic (exact) mass is 266 g/mol. The van der Waals surface area contributed by atoms with E-state index < -0.39 is 0 Å². The van der Waals surface area contributed by atoms with Crippen LogP contribution in [-0.2, 0) is 0 Å². The first-order valence-electron chi connectivity index (χ1n) is 6.26. The van der Waals surface area contributed by atoms with Crippen molar-refractivity contribution in [1.82, 2.24) is 4.90 Å². The molecule has 2 amide bonds. The maximum Gasteiger partial charge on any atom is 0.321 e. The summed E-state index contributed by atoms with van der Waals surface area (Å²) in [4.78, 5) is 14.4. The summed E-state index contributed by atoms with van der Waals surface area (Å²) in [5.74, 6) is 1.15. The number of hydrogen-bond acceptors (Lipinski definition) is 2. The van der Waals surface area contributed by atoms with Crippen molar-refractivity contribution < 1.29 is 4.79 Å². The SMILES string of the molecule is CCCCSc1ccc(NC(=O)N(C)C)cc1C. The van der Waals surface area contributed by atoms with Crippen LogP contribution in [0.1, 0.15) is 25.3 Å². The summed E-state index contributed by atoms with van der Waals surface area (Å²) in [6, 6.07) is 5.97. The second-order valence-corrected chi connectivity index (χ2v) is 5.64. The number of thioether (sulfide) groups is 1. The first-order valence-corrected chi connectivity index (χ1v) is 7.25. The number of nitrogens with zero attached hydrogens (tertiary/aromatic N) is 1. The normalized spacial score (nSPS) is 10.2. The summed E-state index contributed by atoms with van der Waals surface area (Å²) >= 11 is 1.88. The van der Waals surface area contributed by atoms with Crippen LogP contribution in [0.2, 0.25) is 0 Å².